The Hall–Kier alpha value is -2.45. The van der Waals surface area contributed by atoms with Gasteiger partial charge >= 0.3 is 0 Å². The molecule has 1 aromatic heterocycles. The zero-order valence-corrected chi connectivity index (χ0v) is 19.1. The number of hydrogen-bond donors (Lipinski definition) is 4. The molecule has 168 valence electrons. The van der Waals surface area contributed by atoms with E-state index in [4.69, 9.17) is 16.6 Å². The van der Waals surface area contributed by atoms with E-state index < -0.39 is 29.8 Å². The summed E-state index contributed by atoms with van der Waals surface area (Å²) in [6.07, 6.45) is -0.524. The van der Waals surface area contributed by atoms with Crippen LogP contribution in [0.1, 0.15) is 18.2 Å². The predicted molar refractivity (Wildman–Crippen MR) is 123 cm³/mol. The van der Waals surface area contributed by atoms with Crippen LogP contribution < -0.4 is 10.6 Å². The van der Waals surface area contributed by atoms with E-state index in [0.717, 1.165) is 4.88 Å². The predicted octanol–water partition coefficient (Wildman–Crippen LogP) is 0.0680. The molecule has 2 aliphatic carbocycles. The number of halogens is 1. The van der Waals surface area contributed by atoms with Crippen molar-refractivity contribution in [1.29, 1.82) is 0 Å². The fourth-order valence-electron chi connectivity index (χ4n) is 5.10. The van der Waals surface area contributed by atoms with Crippen LogP contribution in [0.3, 0.4) is 0 Å². The molecule has 2 saturated carbocycles. The minimum atomic E-state index is -1.14. The monoisotopic (exact) mass is 474 g/mol. The van der Waals surface area contributed by atoms with Crippen molar-refractivity contribution in [3.63, 3.8) is 0 Å². The lowest BCUT2D eigenvalue weighted by Crippen LogP contribution is -2.56. The van der Waals surface area contributed by atoms with Crippen LogP contribution in [0, 0.1) is 23.2 Å². The smallest absolute Gasteiger partial charge is 0.229 e. The van der Waals surface area contributed by atoms with Crippen LogP contribution in [-0.4, -0.2) is 83.1 Å². The van der Waals surface area contributed by atoms with Crippen LogP contribution in [0.5, 0.6) is 0 Å². The second kappa shape index (κ2) is 7.85. The van der Waals surface area contributed by atoms with E-state index in [2.05, 4.69) is 32.5 Å². The second-order valence-electron chi connectivity index (χ2n) is 8.24. The molecule has 4 N–H and O–H groups in total. The van der Waals surface area contributed by atoms with Crippen LogP contribution in [0.4, 0.5) is 0 Å². The quantitative estimate of drug-likeness (QED) is 0.462. The molecule has 0 aromatic carbocycles. The van der Waals surface area contributed by atoms with E-state index in [1.165, 1.54) is 11.3 Å². The van der Waals surface area contributed by atoms with Gasteiger partial charge in [-0.15, -0.1) is 11.3 Å². The Morgan fingerprint density at radius 3 is 2.97 bits per heavy atom. The Morgan fingerprint density at radius 2 is 2.28 bits per heavy atom. The summed E-state index contributed by atoms with van der Waals surface area (Å²) < 4.78 is 0.661. The number of amidine groups is 2. The Balaban J connectivity index is 1.46. The van der Waals surface area contributed by atoms with Gasteiger partial charge in [-0.25, -0.2) is 4.99 Å². The molecule has 2 aliphatic heterocycles. The maximum Gasteiger partial charge on any atom is 0.229 e. The summed E-state index contributed by atoms with van der Waals surface area (Å²) in [6.45, 7) is 2.50. The summed E-state index contributed by atoms with van der Waals surface area (Å²) >= 11 is 7.37. The van der Waals surface area contributed by atoms with Crippen molar-refractivity contribution in [2.75, 3.05) is 13.6 Å². The Morgan fingerprint density at radius 1 is 1.47 bits per heavy atom. The number of carbonyl (C=O) groups excluding carboxylic acids is 1. The summed E-state index contributed by atoms with van der Waals surface area (Å²) in [7, 11) is 1.54. The molecule has 0 radical (unpaired) electrons. The van der Waals surface area contributed by atoms with Crippen molar-refractivity contribution in [3.05, 3.63) is 21.3 Å². The first-order valence-electron chi connectivity index (χ1n) is 10.5. The van der Waals surface area contributed by atoms with Gasteiger partial charge in [0.25, 0.3) is 0 Å². The van der Waals surface area contributed by atoms with Gasteiger partial charge in [0, 0.05) is 19.5 Å². The van der Waals surface area contributed by atoms with Gasteiger partial charge in [-0.1, -0.05) is 11.6 Å². The number of amides is 1. The van der Waals surface area contributed by atoms with Crippen molar-refractivity contribution >= 4 is 46.9 Å². The highest BCUT2D eigenvalue weighted by molar-refractivity contribution is 7.16. The molecule has 0 bridgehead atoms. The highest BCUT2D eigenvalue weighted by Crippen LogP contribution is 2.65. The fourth-order valence-corrected chi connectivity index (χ4v) is 6.00. The average molecular weight is 475 g/mol. The van der Waals surface area contributed by atoms with Crippen LogP contribution >= 0.6 is 22.9 Å². The van der Waals surface area contributed by atoms with Crippen molar-refractivity contribution in [2.24, 2.45) is 26.3 Å². The fraction of sp³-hybridized carbons (Fsp3) is 0.524. The molecule has 32 heavy (non-hydrogen) atoms. The van der Waals surface area contributed by atoms with Crippen molar-refractivity contribution < 1.29 is 15.0 Å². The summed E-state index contributed by atoms with van der Waals surface area (Å²) in [5, 5.41) is 27.3. The minimum absolute atomic E-state index is 0.183. The van der Waals surface area contributed by atoms with Gasteiger partial charge in [-0.3, -0.25) is 14.8 Å². The van der Waals surface area contributed by atoms with Crippen LogP contribution in [-0.2, 0) is 4.79 Å². The largest absolute Gasteiger partial charge is 0.389 e. The molecule has 4 aliphatic rings. The average Bonchev–Trinajstić information content (AvgIpc) is 3.03. The maximum atomic E-state index is 12.5. The van der Waals surface area contributed by atoms with Crippen LogP contribution in [0.15, 0.2) is 27.1 Å². The van der Waals surface area contributed by atoms with Gasteiger partial charge in [0.1, 0.15) is 18.0 Å². The number of carbonyl (C=O) groups is 1. The first-order chi connectivity index (χ1) is 15.4. The van der Waals surface area contributed by atoms with Gasteiger partial charge < -0.3 is 25.7 Å². The lowest BCUT2D eigenvalue weighted by Gasteiger charge is -2.36. The maximum absolute atomic E-state index is 12.5. The third kappa shape index (κ3) is 3.15. The van der Waals surface area contributed by atoms with Gasteiger partial charge in [0.05, 0.1) is 33.1 Å². The van der Waals surface area contributed by atoms with Gasteiger partial charge in [0.15, 0.2) is 12.0 Å². The number of thiophene rings is 1. The molecule has 7 atom stereocenters. The van der Waals surface area contributed by atoms with Gasteiger partial charge in [-0.2, -0.15) is 0 Å². The Bertz CT molecular complexity index is 1110. The molecule has 0 saturated heterocycles. The third-order valence-electron chi connectivity index (χ3n) is 6.61. The number of hydrogen-bond acceptors (Lipinski definition) is 8. The van der Waals surface area contributed by atoms with Crippen LogP contribution in [0.25, 0.3) is 0 Å². The lowest BCUT2D eigenvalue weighted by atomic mass is 9.98. The number of rotatable bonds is 3. The normalized spacial score (nSPS) is 37.8. The standard InChI is InChI=1S/C21H23ClN6O3S/c1-3-24-18-14-19(27-13(26-18)7-5-10-4-6-12(22)32-10)28(9-25-14)15-11-8-21(11,20(31)23-2)17(30)16(15)29/h4,6,9,11,14-17,19,29-30H,3,8H2,1-2H3,(H,23,31)(H,24,26,27)/t11?,14?,15-,16?,17+,19?,21-/m1/s1. The molecule has 9 nitrogen and oxygen atoms in total. The molecule has 5 rings (SSSR count). The van der Waals surface area contributed by atoms with E-state index in [9.17, 15) is 15.0 Å². The van der Waals surface area contributed by atoms with E-state index in [1.807, 2.05) is 17.9 Å². The lowest BCUT2D eigenvalue weighted by molar-refractivity contribution is -0.132. The van der Waals surface area contributed by atoms with Gasteiger partial charge in [0.2, 0.25) is 5.91 Å². The summed E-state index contributed by atoms with van der Waals surface area (Å²) in [5.41, 5.74) is -0.956. The number of aliphatic imine (C=N–C) groups is 3. The molecular formula is C21H23ClN6O3S. The molecule has 0 spiro atoms. The molecule has 11 heteroatoms. The zero-order chi connectivity index (χ0) is 22.6. The van der Waals surface area contributed by atoms with Crippen molar-refractivity contribution in [1.82, 2.24) is 15.5 Å². The first kappa shape index (κ1) is 21.4. The molecule has 3 heterocycles. The van der Waals surface area contributed by atoms with E-state index in [-0.39, 0.29) is 17.9 Å². The number of fused-ring (bicyclic) bond motifs is 2. The highest BCUT2D eigenvalue weighted by atomic mass is 35.5. The van der Waals surface area contributed by atoms with Crippen LogP contribution in [0.2, 0.25) is 4.34 Å². The molecule has 2 fully saturated rings. The summed E-state index contributed by atoms with van der Waals surface area (Å²) in [5.74, 6) is 6.77. The Kier molecular flexibility index (Phi) is 5.25. The van der Waals surface area contributed by atoms with Crippen molar-refractivity contribution in [3.8, 4) is 11.8 Å². The number of nitrogens with zero attached hydrogens (tertiary/aromatic N) is 4. The topological polar surface area (TPSA) is 122 Å². The number of nitrogens with one attached hydrogen (secondary N) is 2. The van der Waals surface area contributed by atoms with Gasteiger partial charge in [-0.05, 0) is 37.3 Å². The highest BCUT2D eigenvalue weighted by Gasteiger charge is 2.76. The number of aliphatic hydroxyl groups is 2. The SMILES string of the molecule is CCN=C1NC(C#Cc2ccc(Cl)s2)=NC2C1N=CN2[C@H]1C(O)[C@H](O)[C@@]2(C(=O)NC)CC12. The first-order valence-corrected chi connectivity index (χ1v) is 11.7. The third-order valence-corrected chi connectivity index (χ3v) is 7.76. The molecule has 4 unspecified atom stereocenters. The van der Waals surface area contributed by atoms with E-state index in [0.29, 0.717) is 29.0 Å². The van der Waals surface area contributed by atoms with E-state index >= 15 is 0 Å². The minimum Gasteiger partial charge on any atom is -0.389 e. The number of aliphatic hydroxyl groups excluding tert-OH is 2. The molecule has 1 aromatic rings. The van der Waals surface area contributed by atoms with E-state index in [1.54, 1.807) is 19.5 Å². The second-order valence-corrected chi connectivity index (χ2v) is 9.96. The Labute approximate surface area is 194 Å². The molecular weight excluding hydrogens is 452 g/mol. The van der Waals surface area contributed by atoms with Crippen molar-refractivity contribution in [2.45, 2.75) is 43.8 Å². The summed E-state index contributed by atoms with van der Waals surface area (Å²) in [6, 6.07) is 2.80. The summed E-state index contributed by atoms with van der Waals surface area (Å²) in [4.78, 5) is 29.0. The molecule has 1 amide bonds. The zero-order valence-electron chi connectivity index (χ0n) is 17.5.